The minimum absolute atomic E-state index is 0.134. The van der Waals surface area contributed by atoms with E-state index in [0.717, 1.165) is 30.6 Å². The number of nitrogens with zero attached hydrogens (tertiary/aromatic N) is 1. The van der Waals surface area contributed by atoms with Gasteiger partial charge in [-0.05, 0) is 36.9 Å². The molecule has 0 spiro atoms. The van der Waals surface area contributed by atoms with E-state index in [2.05, 4.69) is 12.2 Å². The van der Waals surface area contributed by atoms with Gasteiger partial charge in [0.05, 0.1) is 11.4 Å². The molecule has 0 aromatic heterocycles. The molecule has 118 valence electrons. The maximum Gasteiger partial charge on any atom is 0.235 e. The number of benzene rings is 1. The highest BCUT2D eigenvalue weighted by atomic mass is 32.2. The summed E-state index contributed by atoms with van der Waals surface area (Å²) in [5.74, 6) is 0.336. The minimum atomic E-state index is -3.25. The van der Waals surface area contributed by atoms with Crippen molar-refractivity contribution in [2.75, 3.05) is 23.1 Å². The number of rotatable bonds is 5. The van der Waals surface area contributed by atoms with Crippen molar-refractivity contribution in [1.82, 2.24) is 5.32 Å². The number of sulfonamides is 1. The summed E-state index contributed by atoms with van der Waals surface area (Å²) in [5.41, 5.74) is 1.95. The van der Waals surface area contributed by atoms with Crippen molar-refractivity contribution in [2.24, 2.45) is 5.92 Å². The van der Waals surface area contributed by atoms with E-state index in [9.17, 15) is 8.42 Å². The highest BCUT2D eigenvalue weighted by Gasteiger charge is 2.29. The summed E-state index contributed by atoms with van der Waals surface area (Å²) in [4.78, 5) is 0. The highest BCUT2D eigenvalue weighted by molar-refractivity contribution is 7.92. The number of hydrogen-bond acceptors (Lipinski definition) is 3. The number of para-hydroxylation sites is 1. The molecular weight excluding hydrogens is 284 g/mol. The average molecular weight is 310 g/mol. The van der Waals surface area contributed by atoms with E-state index in [-0.39, 0.29) is 17.7 Å². The Bertz CT molecular complexity index is 569. The third-order valence-corrected chi connectivity index (χ3v) is 5.90. The largest absolute Gasteiger partial charge is 0.310 e. The van der Waals surface area contributed by atoms with Crippen LogP contribution >= 0.6 is 0 Å². The normalized spacial score (nSPS) is 19.4. The van der Waals surface area contributed by atoms with Gasteiger partial charge in [-0.25, -0.2) is 8.42 Å². The Morgan fingerprint density at radius 2 is 2.05 bits per heavy atom. The topological polar surface area (TPSA) is 49.4 Å². The first-order valence-electron chi connectivity index (χ1n) is 7.78. The van der Waals surface area contributed by atoms with Gasteiger partial charge in [0.2, 0.25) is 10.0 Å². The van der Waals surface area contributed by atoms with Crippen molar-refractivity contribution in [2.45, 2.75) is 39.7 Å². The predicted molar refractivity (Wildman–Crippen MR) is 88.1 cm³/mol. The molecule has 2 rings (SSSR count). The van der Waals surface area contributed by atoms with Gasteiger partial charge in [0.1, 0.15) is 0 Å². The van der Waals surface area contributed by atoms with Crippen molar-refractivity contribution < 1.29 is 8.42 Å². The molecule has 1 aliphatic heterocycles. The molecule has 4 nitrogen and oxygen atoms in total. The van der Waals surface area contributed by atoms with E-state index in [1.54, 1.807) is 4.31 Å². The van der Waals surface area contributed by atoms with E-state index in [0.29, 0.717) is 6.54 Å². The summed E-state index contributed by atoms with van der Waals surface area (Å²) in [6.45, 7) is 7.44. The Labute approximate surface area is 128 Å². The molecule has 1 unspecified atom stereocenters. The van der Waals surface area contributed by atoms with Gasteiger partial charge in [0, 0.05) is 12.6 Å². The van der Waals surface area contributed by atoms with Crippen LogP contribution in [-0.2, 0) is 10.0 Å². The van der Waals surface area contributed by atoms with Gasteiger partial charge in [-0.2, -0.15) is 0 Å². The van der Waals surface area contributed by atoms with Crippen molar-refractivity contribution in [1.29, 1.82) is 0 Å². The van der Waals surface area contributed by atoms with Crippen molar-refractivity contribution in [3.8, 4) is 0 Å². The van der Waals surface area contributed by atoms with Gasteiger partial charge in [0.15, 0.2) is 0 Å². The summed E-state index contributed by atoms with van der Waals surface area (Å²) in [7, 11) is -3.25. The molecule has 1 aromatic rings. The summed E-state index contributed by atoms with van der Waals surface area (Å²) < 4.78 is 27.0. The Morgan fingerprint density at radius 3 is 2.71 bits per heavy atom. The van der Waals surface area contributed by atoms with Crippen LogP contribution in [-0.4, -0.2) is 27.3 Å². The standard InChI is InChI=1S/C16H26N2O2S/c1-4-17-15-9-7-11-18(21(19,20)12-13(2)3)16-10-6-5-8-14(15)16/h5-6,8,10,13,15,17H,4,7,9,11-12H2,1-3H3. The number of fused-ring (bicyclic) bond motifs is 1. The first kappa shape index (κ1) is 16.3. The monoisotopic (exact) mass is 310 g/mol. The highest BCUT2D eigenvalue weighted by Crippen LogP contribution is 2.34. The van der Waals surface area contributed by atoms with Crippen LogP contribution in [0.15, 0.2) is 24.3 Å². The average Bonchev–Trinajstić information content (AvgIpc) is 2.58. The van der Waals surface area contributed by atoms with Crippen LogP contribution in [0.3, 0.4) is 0 Å². The molecule has 0 fully saturated rings. The van der Waals surface area contributed by atoms with E-state index >= 15 is 0 Å². The second-order valence-electron chi connectivity index (χ2n) is 6.06. The molecule has 0 radical (unpaired) electrons. The van der Waals surface area contributed by atoms with Crippen LogP contribution in [0.5, 0.6) is 0 Å². The Hall–Kier alpha value is -1.07. The summed E-state index contributed by atoms with van der Waals surface area (Å²) in [6.07, 6.45) is 1.85. The lowest BCUT2D eigenvalue weighted by Crippen LogP contribution is -2.35. The van der Waals surface area contributed by atoms with E-state index in [1.165, 1.54) is 0 Å². The zero-order valence-corrected chi connectivity index (χ0v) is 14.0. The van der Waals surface area contributed by atoms with Crippen LogP contribution < -0.4 is 9.62 Å². The quantitative estimate of drug-likeness (QED) is 0.909. The molecule has 1 aliphatic rings. The molecular formula is C16H26N2O2S. The van der Waals surface area contributed by atoms with Gasteiger partial charge in [-0.15, -0.1) is 0 Å². The maximum absolute atomic E-state index is 12.7. The van der Waals surface area contributed by atoms with Crippen LogP contribution in [0, 0.1) is 5.92 Å². The first-order chi connectivity index (χ1) is 9.95. The molecule has 1 atom stereocenters. The second-order valence-corrected chi connectivity index (χ2v) is 7.99. The second kappa shape index (κ2) is 6.79. The predicted octanol–water partition coefficient (Wildman–Crippen LogP) is 2.92. The van der Waals surface area contributed by atoms with Gasteiger partial charge < -0.3 is 5.32 Å². The third-order valence-electron chi connectivity index (χ3n) is 3.77. The van der Waals surface area contributed by atoms with Gasteiger partial charge in [-0.1, -0.05) is 39.0 Å². The molecule has 0 bridgehead atoms. The molecule has 21 heavy (non-hydrogen) atoms. The Morgan fingerprint density at radius 1 is 1.33 bits per heavy atom. The van der Waals surface area contributed by atoms with Crippen LogP contribution in [0.2, 0.25) is 0 Å². The SMILES string of the molecule is CCNC1CCCN(S(=O)(=O)CC(C)C)c2ccccc21. The van der Waals surface area contributed by atoms with E-state index in [4.69, 9.17) is 0 Å². The summed E-state index contributed by atoms with van der Waals surface area (Å²) in [5, 5.41) is 3.47. The molecule has 1 N–H and O–H groups in total. The molecule has 1 aromatic carbocycles. The molecule has 0 saturated carbocycles. The van der Waals surface area contributed by atoms with Gasteiger partial charge in [0.25, 0.3) is 0 Å². The Balaban J connectivity index is 2.42. The number of nitrogens with one attached hydrogen (secondary N) is 1. The molecule has 0 saturated heterocycles. The smallest absolute Gasteiger partial charge is 0.235 e. The zero-order valence-electron chi connectivity index (χ0n) is 13.2. The van der Waals surface area contributed by atoms with Crippen molar-refractivity contribution in [3.63, 3.8) is 0 Å². The number of anilines is 1. The third kappa shape index (κ3) is 3.77. The van der Waals surface area contributed by atoms with Crippen LogP contribution in [0.25, 0.3) is 0 Å². The van der Waals surface area contributed by atoms with Crippen molar-refractivity contribution >= 4 is 15.7 Å². The van der Waals surface area contributed by atoms with E-state index < -0.39 is 10.0 Å². The fourth-order valence-electron chi connectivity index (χ4n) is 2.98. The maximum atomic E-state index is 12.7. The zero-order chi connectivity index (χ0) is 15.5. The fraction of sp³-hybridized carbons (Fsp3) is 0.625. The van der Waals surface area contributed by atoms with Gasteiger partial charge >= 0.3 is 0 Å². The fourth-order valence-corrected chi connectivity index (χ4v) is 4.88. The first-order valence-corrected chi connectivity index (χ1v) is 9.39. The lowest BCUT2D eigenvalue weighted by molar-refractivity contribution is 0.511. The molecule has 0 aliphatic carbocycles. The molecule has 1 heterocycles. The summed E-state index contributed by atoms with van der Waals surface area (Å²) in [6, 6.07) is 8.13. The van der Waals surface area contributed by atoms with Crippen LogP contribution in [0.4, 0.5) is 5.69 Å². The lowest BCUT2D eigenvalue weighted by Gasteiger charge is -2.26. The van der Waals surface area contributed by atoms with E-state index in [1.807, 2.05) is 38.1 Å². The molecule has 0 amide bonds. The summed E-state index contributed by atoms with van der Waals surface area (Å²) >= 11 is 0. The van der Waals surface area contributed by atoms with Gasteiger partial charge in [-0.3, -0.25) is 4.31 Å². The van der Waals surface area contributed by atoms with Crippen LogP contribution in [0.1, 0.15) is 45.2 Å². The Kier molecular flexibility index (Phi) is 5.27. The molecule has 5 heteroatoms. The lowest BCUT2D eigenvalue weighted by atomic mass is 10.0. The minimum Gasteiger partial charge on any atom is -0.310 e. The number of hydrogen-bond donors (Lipinski definition) is 1. The van der Waals surface area contributed by atoms with Crippen molar-refractivity contribution in [3.05, 3.63) is 29.8 Å².